The second-order valence-corrected chi connectivity index (χ2v) is 9.69. The maximum Gasteiger partial charge on any atom is 0.198 e. The van der Waals surface area contributed by atoms with Gasteiger partial charge in [0.1, 0.15) is 24.7 Å². The second kappa shape index (κ2) is 11.9. The molecule has 0 aliphatic heterocycles. The maximum atomic E-state index is 13.1. The van der Waals surface area contributed by atoms with Gasteiger partial charge in [0.05, 0.1) is 37.6 Å². The molecule has 8 heteroatoms. The predicted molar refractivity (Wildman–Crippen MR) is 152 cm³/mol. The Morgan fingerprint density at radius 3 is 1.10 bits per heavy atom. The molecule has 42 heavy (non-hydrogen) atoms. The van der Waals surface area contributed by atoms with Crippen molar-refractivity contribution in [3.8, 4) is 11.5 Å². The first kappa shape index (κ1) is 27.3. The van der Waals surface area contributed by atoms with E-state index in [9.17, 15) is 19.2 Å². The normalized spacial score (nSPS) is 13.2. The zero-order valence-corrected chi connectivity index (χ0v) is 22.6. The first-order valence-electron chi connectivity index (χ1n) is 13.6. The van der Waals surface area contributed by atoms with Crippen LogP contribution in [-0.4, -0.2) is 62.8 Å². The van der Waals surface area contributed by atoms with E-state index in [0.717, 1.165) is 0 Å². The molecule has 2 aliphatic rings. The molecule has 0 fully saturated rings. The molecule has 8 nitrogen and oxygen atoms in total. The lowest BCUT2D eigenvalue weighted by atomic mass is 9.83. The van der Waals surface area contributed by atoms with E-state index < -0.39 is 0 Å². The Kier molecular flexibility index (Phi) is 7.72. The third-order valence-electron chi connectivity index (χ3n) is 7.17. The van der Waals surface area contributed by atoms with Gasteiger partial charge in [-0.25, -0.2) is 0 Å². The smallest absolute Gasteiger partial charge is 0.198 e. The van der Waals surface area contributed by atoms with Crippen molar-refractivity contribution in [1.29, 1.82) is 0 Å². The number of carbonyl (C=O) groups is 4. The molecule has 0 saturated carbocycles. The largest absolute Gasteiger partial charge is 0.490 e. The molecule has 6 rings (SSSR count). The van der Waals surface area contributed by atoms with Crippen LogP contribution in [-0.2, 0) is 9.47 Å². The van der Waals surface area contributed by atoms with Crippen LogP contribution in [0.1, 0.15) is 63.7 Å². The van der Waals surface area contributed by atoms with Crippen LogP contribution in [0.25, 0.3) is 0 Å². The summed E-state index contributed by atoms with van der Waals surface area (Å²) in [6.07, 6.45) is 0. The van der Waals surface area contributed by atoms with E-state index in [1.807, 2.05) is 0 Å². The lowest BCUT2D eigenvalue weighted by Gasteiger charge is -2.20. The summed E-state index contributed by atoms with van der Waals surface area (Å²) in [6.45, 7) is 1.53. The fourth-order valence-corrected chi connectivity index (χ4v) is 5.21. The van der Waals surface area contributed by atoms with Gasteiger partial charge in [-0.05, 0) is 12.1 Å². The third kappa shape index (κ3) is 5.02. The summed E-state index contributed by atoms with van der Waals surface area (Å²) in [4.78, 5) is 51.8. The Bertz CT molecular complexity index is 1590. The molecule has 2 aliphatic carbocycles. The fourth-order valence-electron chi connectivity index (χ4n) is 5.21. The highest BCUT2D eigenvalue weighted by Gasteiger charge is 2.33. The molecule has 0 spiro atoms. The zero-order chi connectivity index (χ0) is 29.1. The average molecular weight is 563 g/mol. The Hall–Kier alpha value is -4.92. The second-order valence-electron chi connectivity index (χ2n) is 9.69. The number of rotatable bonds is 11. The van der Waals surface area contributed by atoms with Gasteiger partial charge in [-0.3, -0.25) is 19.2 Å². The van der Waals surface area contributed by atoms with Crippen molar-refractivity contribution in [3.05, 3.63) is 129 Å². The van der Waals surface area contributed by atoms with Crippen LogP contribution in [0.5, 0.6) is 11.5 Å². The van der Waals surface area contributed by atoms with Crippen molar-refractivity contribution in [2.45, 2.75) is 0 Å². The van der Waals surface area contributed by atoms with Crippen molar-refractivity contribution >= 4 is 23.1 Å². The monoisotopic (exact) mass is 562 g/mol. The highest BCUT2D eigenvalue weighted by Crippen LogP contribution is 2.34. The first-order valence-corrected chi connectivity index (χ1v) is 13.6. The molecule has 0 heterocycles. The molecular formula is C34H26O8. The summed E-state index contributed by atoms with van der Waals surface area (Å²) >= 11 is 0. The molecule has 4 aromatic rings. The summed E-state index contributed by atoms with van der Waals surface area (Å²) in [7, 11) is 0. The summed E-state index contributed by atoms with van der Waals surface area (Å²) in [5.41, 5.74) is 2.78. The van der Waals surface area contributed by atoms with Crippen LogP contribution < -0.4 is 9.47 Å². The summed E-state index contributed by atoms with van der Waals surface area (Å²) in [5.74, 6) is -0.150. The topological polar surface area (TPSA) is 105 Å². The molecule has 210 valence electrons. The van der Waals surface area contributed by atoms with Gasteiger partial charge in [0.2, 0.25) is 0 Å². The summed E-state index contributed by atoms with van der Waals surface area (Å²) in [6, 6.07) is 23.6. The van der Waals surface area contributed by atoms with Gasteiger partial charge < -0.3 is 18.9 Å². The van der Waals surface area contributed by atoms with Gasteiger partial charge in [-0.1, -0.05) is 72.8 Å². The van der Waals surface area contributed by atoms with Crippen molar-refractivity contribution in [3.63, 3.8) is 0 Å². The molecule has 0 aromatic heterocycles. The van der Waals surface area contributed by atoms with Gasteiger partial charge >= 0.3 is 0 Å². The van der Waals surface area contributed by atoms with Gasteiger partial charge in [0.15, 0.2) is 23.1 Å². The van der Waals surface area contributed by atoms with E-state index in [2.05, 4.69) is 0 Å². The molecule has 0 atom stereocenters. The Morgan fingerprint density at radius 2 is 0.690 bits per heavy atom. The average Bonchev–Trinajstić information content (AvgIpc) is 3.03. The molecule has 0 saturated heterocycles. The molecular weight excluding hydrogens is 536 g/mol. The van der Waals surface area contributed by atoms with E-state index in [-0.39, 0.29) is 60.7 Å². The first-order chi connectivity index (χ1) is 20.6. The Labute approximate surface area is 241 Å². The van der Waals surface area contributed by atoms with Crippen molar-refractivity contribution in [1.82, 2.24) is 0 Å². The van der Waals surface area contributed by atoms with Crippen LogP contribution in [0.4, 0.5) is 0 Å². The van der Waals surface area contributed by atoms with E-state index in [1.165, 1.54) is 0 Å². The Morgan fingerprint density at radius 1 is 0.357 bits per heavy atom. The third-order valence-corrected chi connectivity index (χ3v) is 7.17. The molecule has 0 radical (unpaired) electrons. The molecule has 4 aromatic carbocycles. The zero-order valence-electron chi connectivity index (χ0n) is 22.6. The van der Waals surface area contributed by atoms with E-state index in [4.69, 9.17) is 18.9 Å². The van der Waals surface area contributed by atoms with Gasteiger partial charge in [0.25, 0.3) is 0 Å². The highest BCUT2D eigenvalue weighted by molar-refractivity contribution is 6.30. The number of ether oxygens (including phenoxy) is 4. The highest BCUT2D eigenvalue weighted by atomic mass is 16.6. The van der Waals surface area contributed by atoms with Crippen LogP contribution in [0.15, 0.2) is 84.9 Å². The maximum absolute atomic E-state index is 13.1. The quantitative estimate of drug-likeness (QED) is 0.209. The van der Waals surface area contributed by atoms with Gasteiger partial charge in [-0.15, -0.1) is 0 Å². The van der Waals surface area contributed by atoms with Crippen LogP contribution in [0.3, 0.4) is 0 Å². The molecule has 0 amide bonds. The minimum Gasteiger partial charge on any atom is -0.490 e. The van der Waals surface area contributed by atoms with Crippen LogP contribution in [0, 0.1) is 0 Å². The minimum atomic E-state index is -0.232. The van der Waals surface area contributed by atoms with Gasteiger partial charge in [-0.2, -0.15) is 0 Å². The summed E-state index contributed by atoms with van der Waals surface area (Å²) in [5, 5.41) is 0. The lowest BCUT2D eigenvalue weighted by molar-refractivity contribution is 0.0272. The number of benzene rings is 4. The van der Waals surface area contributed by atoms with E-state index >= 15 is 0 Å². The van der Waals surface area contributed by atoms with E-state index in [1.54, 1.807) is 84.9 Å². The molecule has 0 N–H and O–H groups in total. The van der Waals surface area contributed by atoms with E-state index in [0.29, 0.717) is 58.1 Å². The van der Waals surface area contributed by atoms with Gasteiger partial charge in [0, 0.05) is 33.4 Å². The SMILES string of the molecule is O=C1c2ccccc2C(=O)c2c(OCCOCCOCCOc3cccc4c3C(=O)c3ccccc3C4=O)cccc21. The van der Waals surface area contributed by atoms with Crippen LogP contribution >= 0.6 is 0 Å². The van der Waals surface area contributed by atoms with Crippen molar-refractivity contribution in [2.75, 3.05) is 39.6 Å². The van der Waals surface area contributed by atoms with Crippen molar-refractivity contribution < 1.29 is 38.1 Å². The lowest BCUT2D eigenvalue weighted by Crippen LogP contribution is -2.22. The number of hydrogen-bond donors (Lipinski definition) is 0. The standard InChI is InChI=1S/C34H26O8/c35-31-21-7-1-3-9-23(21)33(37)29-25(31)11-5-13-27(29)41-19-17-39-15-16-40-18-20-42-28-14-6-12-26-30(28)34(38)24-10-4-2-8-22(24)32(26)36/h1-14H,15-20H2. The Balaban J connectivity index is 0.934. The molecule has 0 unspecified atom stereocenters. The molecule has 0 bridgehead atoms. The number of fused-ring (bicyclic) bond motifs is 4. The summed E-state index contributed by atoms with van der Waals surface area (Å²) < 4.78 is 22.8. The number of ketones is 4. The van der Waals surface area contributed by atoms with Crippen LogP contribution in [0.2, 0.25) is 0 Å². The number of hydrogen-bond acceptors (Lipinski definition) is 8. The minimum absolute atomic E-state index is 0.192. The fraction of sp³-hybridized carbons (Fsp3) is 0.176. The predicted octanol–water partition coefficient (Wildman–Crippen LogP) is 4.73. The number of carbonyl (C=O) groups excluding carboxylic acids is 4. The van der Waals surface area contributed by atoms with Crippen molar-refractivity contribution in [2.24, 2.45) is 0 Å².